The summed E-state index contributed by atoms with van der Waals surface area (Å²) in [6.45, 7) is 1.36. The van der Waals surface area contributed by atoms with Gasteiger partial charge in [-0.15, -0.1) is 0 Å². The van der Waals surface area contributed by atoms with Crippen molar-refractivity contribution in [3.8, 4) is 0 Å². The van der Waals surface area contributed by atoms with E-state index in [9.17, 15) is 18.3 Å². The van der Waals surface area contributed by atoms with Crippen LogP contribution in [-0.4, -0.2) is 25.5 Å². The van der Waals surface area contributed by atoms with Crippen LogP contribution in [0.2, 0.25) is 0 Å². The number of anilines is 1. The summed E-state index contributed by atoms with van der Waals surface area (Å²) >= 11 is 0. The van der Waals surface area contributed by atoms with Crippen LogP contribution in [-0.2, 0) is 20.6 Å². The van der Waals surface area contributed by atoms with E-state index >= 15 is 0 Å². The van der Waals surface area contributed by atoms with Crippen LogP contribution >= 0.6 is 0 Å². The summed E-state index contributed by atoms with van der Waals surface area (Å²) in [5.74, 6) is -1.44. The molecule has 1 atom stereocenters. The summed E-state index contributed by atoms with van der Waals surface area (Å²) in [6, 6.07) is 15.8. The molecule has 0 aliphatic carbocycles. The highest BCUT2D eigenvalue weighted by atomic mass is 32.2. The molecular formula is C16H17NO4S. The minimum absolute atomic E-state index is 0.250. The molecule has 2 rings (SSSR count). The highest BCUT2D eigenvalue weighted by Crippen LogP contribution is 2.23. The first-order chi connectivity index (χ1) is 10.4. The van der Waals surface area contributed by atoms with Crippen LogP contribution in [0.3, 0.4) is 0 Å². The van der Waals surface area contributed by atoms with Crippen LogP contribution in [0.1, 0.15) is 12.5 Å². The molecule has 1 N–H and O–H groups in total. The fourth-order valence-electron chi connectivity index (χ4n) is 2.15. The molecule has 0 bridgehead atoms. The number of benzene rings is 2. The number of hydrogen-bond donors (Lipinski definition) is 1. The van der Waals surface area contributed by atoms with E-state index in [0.717, 1.165) is 4.31 Å². The lowest BCUT2D eigenvalue weighted by molar-refractivity contribution is -0.137. The van der Waals surface area contributed by atoms with E-state index < -0.39 is 22.0 Å². The van der Waals surface area contributed by atoms with Crippen molar-refractivity contribution in [3.63, 3.8) is 0 Å². The van der Waals surface area contributed by atoms with E-state index in [1.54, 1.807) is 60.7 Å². The molecule has 0 aliphatic heterocycles. The minimum Gasteiger partial charge on any atom is -0.480 e. The second-order valence-corrected chi connectivity index (χ2v) is 6.73. The normalized spacial score (nSPS) is 12.6. The Hall–Kier alpha value is -2.34. The first kappa shape index (κ1) is 16.0. The number of nitrogens with zero attached hydrogens (tertiary/aromatic N) is 1. The van der Waals surface area contributed by atoms with Crippen LogP contribution in [0, 0.1) is 0 Å². The Balaban J connectivity index is 2.42. The van der Waals surface area contributed by atoms with E-state index in [4.69, 9.17) is 0 Å². The van der Waals surface area contributed by atoms with Crippen molar-refractivity contribution in [1.29, 1.82) is 0 Å². The van der Waals surface area contributed by atoms with Gasteiger partial charge in [-0.05, 0) is 24.6 Å². The van der Waals surface area contributed by atoms with Gasteiger partial charge in [-0.3, -0.25) is 4.31 Å². The first-order valence-corrected chi connectivity index (χ1v) is 8.36. The Bertz CT molecular complexity index is 729. The molecule has 2 aromatic rings. The number of carbonyl (C=O) groups is 1. The molecular weight excluding hydrogens is 302 g/mol. The summed E-state index contributed by atoms with van der Waals surface area (Å²) in [7, 11) is -3.82. The zero-order valence-corrected chi connectivity index (χ0v) is 12.9. The average molecular weight is 319 g/mol. The van der Waals surface area contributed by atoms with E-state index in [-0.39, 0.29) is 5.75 Å². The zero-order chi connectivity index (χ0) is 16.2. The molecule has 0 fully saturated rings. The third-order valence-electron chi connectivity index (χ3n) is 3.21. The second-order valence-electron chi connectivity index (χ2n) is 4.89. The molecule has 5 nitrogen and oxygen atoms in total. The lowest BCUT2D eigenvalue weighted by atomic mass is 10.2. The quantitative estimate of drug-likeness (QED) is 0.887. The smallest absolute Gasteiger partial charge is 0.327 e. The first-order valence-electron chi connectivity index (χ1n) is 6.76. The molecule has 0 radical (unpaired) electrons. The molecule has 0 saturated heterocycles. The third-order valence-corrected chi connectivity index (χ3v) is 5.04. The summed E-state index contributed by atoms with van der Waals surface area (Å²) in [6.07, 6.45) is 0. The maximum Gasteiger partial charge on any atom is 0.327 e. The van der Waals surface area contributed by atoms with Crippen molar-refractivity contribution in [1.82, 2.24) is 0 Å². The van der Waals surface area contributed by atoms with Gasteiger partial charge in [0, 0.05) is 0 Å². The van der Waals surface area contributed by atoms with Crippen molar-refractivity contribution < 1.29 is 18.3 Å². The predicted octanol–water partition coefficient (Wildman–Crippen LogP) is 2.50. The van der Waals surface area contributed by atoms with Gasteiger partial charge >= 0.3 is 5.97 Å². The van der Waals surface area contributed by atoms with Crippen LogP contribution in [0.5, 0.6) is 0 Å². The fraction of sp³-hybridized carbons (Fsp3) is 0.188. The van der Waals surface area contributed by atoms with Crippen molar-refractivity contribution in [2.45, 2.75) is 18.7 Å². The maximum atomic E-state index is 12.7. The predicted molar refractivity (Wildman–Crippen MR) is 85.1 cm³/mol. The van der Waals surface area contributed by atoms with Crippen molar-refractivity contribution in [2.24, 2.45) is 0 Å². The number of sulfonamides is 1. The molecule has 0 amide bonds. The molecule has 0 saturated carbocycles. The van der Waals surface area contributed by atoms with Gasteiger partial charge < -0.3 is 5.11 Å². The van der Waals surface area contributed by atoms with Gasteiger partial charge in [0.05, 0.1) is 11.4 Å². The van der Waals surface area contributed by atoms with Gasteiger partial charge in [-0.2, -0.15) is 0 Å². The number of carboxylic acids is 1. The summed E-state index contributed by atoms with van der Waals surface area (Å²) in [5, 5.41) is 9.24. The minimum atomic E-state index is -3.82. The highest BCUT2D eigenvalue weighted by molar-refractivity contribution is 7.92. The van der Waals surface area contributed by atoms with Crippen LogP contribution in [0.25, 0.3) is 0 Å². The molecule has 22 heavy (non-hydrogen) atoms. The Kier molecular flexibility index (Phi) is 4.82. The lowest BCUT2D eigenvalue weighted by Crippen LogP contribution is -2.44. The molecule has 6 heteroatoms. The second kappa shape index (κ2) is 6.62. The Labute approximate surface area is 129 Å². The third kappa shape index (κ3) is 3.65. The van der Waals surface area contributed by atoms with Crippen LogP contribution < -0.4 is 4.31 Å². The van der Waals surface area contributed by atoms with Gasteiger partial charge in [0.25, 0.3) is 0 Å². The molecule has 0 spiro atoms. The topological polar surface area (TPSA) is 74.7 Å². The SMILES string of the molecule is C[C@@H](C(=O)O)N(c1ccccc1)S(=O)(=O)Cc1ccccc1. The van der Waals surface area contributed by atoms with Crippen LogP contribution in [0.15, 0.2) is 60.7 Å². The maximum absolute atomic E-state index is 12.7. The monoisotopic (exact) mass is 319 g/mol. The number of carboxylic acid groups (broad SMARTS) is 1. The molecule has 116 valence electrons. The van der Waals surface area contributed by atoms with Gasteiger partial charge in [-0.25, -0.2) is 13.2 Å². The standard InChI is InChI=1S/C16H17NO4S/c1-13(16(18)19)17(15-10-6-3-7-11-15)22(20,21)12-14-8-4-2-5-9-14/h2-11,13H,12H2,1H3,(H,18,19)/t13-/m0/s1. The van der Waals surface area contributed by atoms with E-state index in [0.29, 0.717) is 11.3 Å². The summed E-state index contributed by atoms with van der Waals surface area (Å²) < 4.78 is 26.4. The molecule has 2 aromatic carbocycles. The van der Waals surface area contributed by atoms with Gasteiger partial charge in [-0.1, -0.05) is 48.5 Å². The Morgan fingerprint density at radius 3 is 2.05 bits per heavy atom. The number of aliphatic carboxylic acids is 1. The van der Waals surface area contributed by atoms with Crippen molar-refractivity contribution >= 4 is 21.7 Å². The summed E-state index contributed by atoms with van der Waals surface area (Å²) in [4.78, 5) is 11.3. The van der Waals surface area contributed by atoms with Crippen molar-refractivity contribution in [3.05, 3.63) is 66.2 Å². The Morgan fingerprint density at radius 1 is 1.05 bits per heavy atom. The van der Waals surface area contributed by atoms with Gasteiger partial charge in [0.1, 0.15) is 6.04 Å². The number of para-hydroxylation sites is 1. The largest absolute Gasteiger partial charge is 0.480 e. The molecule has 0 heterocycles. The lowest BCUT2D eigenvalue weighted by Gasteiger charge is -2.28. The Morgan fingerprint density at radius 2 is 1.55 bits per heavy atom. The molecule has 0 aliphatic rings. The molecule has 0 unspecified atom stereocenters. The van der Waals surface area contributed by atoms with E-state index in [1.807, 2.05) is 0 Å². The van der Waals surface area contributed by atoms with E-state index in [2.05, 4.69) is 0 Å². The van der Waals surface area contributed by atoms with Gasteiger partial charge in [0.15, 0.2) is 0 Å². The highest BCUT2D eigenvalue weighted by Gasteiger charge is 2.31. The fourth-order valence-corrected chi connectivity index (χ4v) is 3.92. The van der Waals surface area contributed by atoms with Gasteiger partial charge in [0.2, 0.25) is 10.0 Å². The molecule has 0 aromatic heterocycles. The summed E-state index contributed by atoms with van der Waals surface area (Å²) in [5.41, 5.74) is 0.953. The van der Waals surface area contributed by atoms with E-state index in [1.165, 1.54) is 6.92 Å². The van der Waals surface area contributed by atoms with Crippen LogP contribution in [0.4, 0.5) is 5.69 Å². The zero-order valence-electron chi connectivity index (χ0n) is 12.1. The number of hydrogen-bond acceptors (Lipinski definition) is 3. The number of rotatable bonds is 6. The average Bonchev–Trinajstić information content (AvgIpc) is 2.48. The van der Waals surface area contributed by atoms with Crippen molar-refractivity contribution in [2.75, 3.05) is 4.31 Å².